The predicted molar refractivity (Wildman–Crippen MR) is 135 cm³/mol. The van der Waals surface area contributed by atoms with Crippen molar-refractivity contribution in [2.24, 2.45) is 0 Å². The van der Waals surface area contributed by atoms with E-state index >= 15 is 0 Å². The van der Waals surface area contributed by atoms with Crippen LogP contribution in [0, 0.1) is 0 Å². The largest absolute Gasteiger partial charge is 0.479 e. The summed E-state index contributed by atoms with van der Waals surface area (Å²) in [6, 6.07) is 24.5. The third kappa shape index (κ3) is 4.47. The molecule has 9 nitrogen and oxygen atoms in total. The molecule has 1 amide bonds. The SMILES string of the molecule is CCOC(=O)[C@]1(C(=O)O)C(=O)O[C@@](C)(c2ccccc2)[C@@H](c2ccccc2)N1C(=O)OCc1ccccc1. The van der Waals surface area contributed by atoms with Crippen molar-refractivity contribution < 1.29 is 38.5 Å². The van der Waals surface area contributed by atoms with E-state index in [-0.39, 0.29) is 13.2 Å². The Kier molecular flexibility index (Phi) is 7.47. The molecule has 0 bridgehead atoms. The third-order valence-electron chi connectivity index (χ3n) is 6.49. The van der Waals surface area contributed by atoms with Gasteiger partial charge in [0.2, 0.25) is 0 Å². The lowest BCUT2D eigenvalue weighted by Gasteiger charge is -2.52. The molecule has 4 rings (SSSR count). The lowest BCUT2D eigenvalue weighted by atomic mass is 9.77. The smallest absolute Gasteiger partial charge is 0.412 e. The molecule has 196 valence electrons. The van der Waals surface area contributed by atoms with Crippen molar-refractivity contribution in [3.63, 3.8) is 0 Å². The summed E-state index contributed by atoms with van der Waals surface area (Å²) in [7, 11) is 0. The van der Waals surface area contributed by atoms with Gasteiger partial charge in [0.25, 0.3) is 0 Å². The van der Waals surface area contributed by atoms with E-state index in [4.69, 9.17) is 14.2 Å². The number of morpholine rings is 1. The number of aliphatic carboxylic acids is 1. The number of cyclic esters (lactones) is 1. The summed E-state index contributed by atoms with van der Waals surface area (Å²) in [5.41, 5.74) is -3.24. The molecule has 1 aliphatic rings. The summed E-state index contributed by atoms with van der Waals surface area (Å²) < 4.78 is 16.4. The summed E-state index contributed by atoms with van der Waals surface area (Å²) >= 11 is 0. The van der Waals surface area contributed by atoms with Crippen LogP contribution in [0.2, 0.25) is 0 Å². The lowest BCUT2D eigenvalue weighted by molar-refractivity contribution is -0.218. The quantitative estimate of drug-likeness (QED) is 0.281. The van der Waals surface area contributed by atoms with Gasteiger partial charge in [0, 0.05) is 0 Å². The van der Waals surface area contributed by atoms with E-state index in [9.17, 15) is 24.3 Å². The summed E-state index contributed by atoms with van der Waals surface area (Å²) in [5.74, 6) is -4.84. The standard InChI is InChI=1S/C29H27NO8/c1-3-36-25(33)29(24(31)32)26(34)38-28(2,22-17-11-6-12-18-22)23(21-15-9-5-10-16-21)30(29)27(35)37-19-20-13-7-4-8-14-20/h4-18,23H,3,19H2,1-2H3,(H,31,32)/t23-,28+,29-/m1/s1. The molecule has 1 N–H and O–H groups in total. The van der Waals surface area contributed by atoms with Crippen LogP contribution in [-0.4, -0.2) is 46.2 Å². The summed E-state index contributed by atoms with van der Waals surface area (Å²) in [4.78, 5) is 54.4. The van der Waals surface area contributed by atoms with E-state index in [0.717, 1.165) is 0 Å². The molecule has 0 saturated carbocycles. The maximum atomic E-state index is 13.9. The fourth-order valence-electron chi connectivity index (χ4n) is 4.67. The number of nitrogens with zero attached hydrogens (tertiary/aromatic N) is 1. The van der Waals surface area contributed by atoms with Crippen molar-refractivity contribution in [3.05, 3.63) is 108 Å². The summed E-state index contributed by atoms with van der Waals surface area (Å²) in [6.07, 6.45) is -1.20. The molecule has 0 spiro atoms. The number of rotatable bonds is 7. The second kappa shape index (κ2) is 10.8. The highest BCUT2D eigenvalue weighted by Gasteiger charge is 2.72. The zero-order valence-electron chi connectivity index (χ0n) is 20.9. The Balaban J connectivity index is 1.95. The van der Waals surface area contributed by atoms with E-state index in [0.29, 0.717) is 21.6 Å². The highest BCUT2D eigenvalue weighted by atomic mass is 16.6. The van der Waals surface area contributed by atoms with Crippen LogP contribution in [0.25, 0.3) is 0 Å². The number of amides is 1. The number of hydrogen-bond acceptors (Lipinski definition) is 7. The molecule has 3 aromatic rings. The Morgan fingerprint density at radius 2 is 1.45 bits per heavy atom. The lowest BCUT2D eigenvalue weighted by Crippen LogP contribution is -2.74. The van der Waals surface area contributed by atoms with Crippen LogP contribution in [0.4, 0.5) is 4.79 Å². The number of hydrogen-bond donors (Lipinski definition) is 1. The minimum atomic E-state index is -3.15. The van der Waals surface area contributed by atoms with Gasteiger partial charge in [-0.25, -0.2) is 19.2 Å². The number of carbonyl (C=O) groups excluding carboxylic acids is 3. The Labute approximate surface area is 219 Å². The number of esters is 2. The molecule has 1 heterocycles. The molecular weight excluding hydrogens is 490 g/mol. The van der Waals surface area contributed by atoms with E-state index < -0.39 is 41.2 Å². The van der Waals surface area contributed by atoms with Gasteiger partial charge in [-0.15, -0.1) is 0 Å². The summed E-state index contributed by atoms with van der Waals surface area (Å²) in [5, 5.41) is 10.4. The van der Waals surface area contributed by atoms with Gasteiger partial charge in [-0.3, -0.25) is 4.90 Å². The van der Waals surface area contributed by atoms with Gasteiger partial charge < -0.3 is 19.3 Å². The third-order valence-corrected chi connectivity index (χ3v) is 6.49. The van der Waals surface area contributed by atoms with E-state index in [1.54, 1.807) is 97.9 Å². The number of carbonyl (C=O) groups is 4. The van der Waals surface area contributed by atoms with Crippen LogP contribution in [0.3, 0.4) is 0 Å². The second-order valence-corrected chi connectivity index (χ2v) is 8.82. The van der Waals surface area contributed by atoms with E-state index in [2.05, 4.69) is 0 Å². The predicted octanol–water partition coefficient (Wildman–Crippen LogP) is 4.23. The Bertz CT molecular complexity index is 1310. The Morgan fingerprint density at radius 1 is 0.895 bits per heavy atom. The average molecular weight is 518 g/mol. The monoisotopic (exact) mass is 517 g/mol. The first-order valence-corrected chi connectivity index (χ1v) is 12.0. The summed E-state index contributed by atoms with van der Waals surface area (Å²) in [6.45, 7) is 2.56. The molecule has 1 fully saturated rings. The first kappa shape index (κ1) is 26.4. The fraction of sp³-hybridized carbons (Fsp3) is 0.241. The zero-order chi connectivity index (χ0) is 27.3. The molecule has 0 radical (unpaired) electrons. The van der Waals surface area contributed by atoms with Crippen LogP contribution in [-0.2, 0) is 40.8 Å². The number of carboxylic acid groups (broad SMARTS) is 1. The Morgan fingerprint density at radius 3 is 2.00 bits per heavy atom. The average Bonchev–Trinajstić information content (AvgIpc) is 2.93. The number of carboxylic acids is 1. The van der Waals surface area contributed by atoms with Gasteiger partial charge in [-0.2, -0.15) is 0 Å². The Hall–Kier alpha value is -4.66. The van der Waals surface area contributed by atoms with Gasteiger partial charge in [0.1, 0.15) is 12.6 Å². The molecular formula is C29H27NO8. The first-order chi connectivity index (χ1) is 18.3. The molecule has 3 atom stereocenters. The minimum Gasteiger partial charge on any atom is -0.479 e. The van der Waals surface area contributed by atoms with Crippen LogP contribution < -0.4 is 0 Å². The van der Waals surface area contributed by atoms with Crippen LogP contribution in [0.1, 0.15) is 36.6 Å². The van der Waals surface area contributed by atoms with Crippen LogP contribution in [0.5, 0.6) is 0 Å². The van der Waals surface area contributed by atoms with Gasteiger partial charge in [-0.05, 0) is 30.5 Å². The molecule has 3 aromatic carbocycles. The highest BCUT2D eigenvalue weighted by Crippen LogP contribution is 2.50. The molecule has 0 unspecified atom stereocenters. The highest BCUT2D eigenvalue weighted by molar-refractivity contribution is 6.24. The normalized spacial score (nSPS) is 22.7. The van der Waals surface area contributed by atoms with Crippen molar-refractivity contribution in [2.75, 3.05) is 6.61 Å². The van der Waals surface area contributed by atoms with Gasteiger partial charge in [-0.1, -0.05) is 91.0 Å². The molecule has 38 heavy (non-hydrogen) atoms. The van der Waals surface area contributed by atoms with Crippen molar-refractivity contribution in [2.45, 2.75) is 37.6 Å². The molecule has 0 aromatic heterocycles. The molecule has 0 aliphatic carbocycles. The number of benzene rings is 3. The van der Waals surface area contributed by atoms with Gasteiger partial charge in [0.15, 0.2) is 5.60 Å². The minimum absolute atomic E-state index is 0.229. The van der Waals surface area contributed by atoms with Crippen LogP contribution in [0.15, 0.2) is 91.0 Å². The van der Waals surface area contributed by atoms with Crippen molar-refractivity contribution >= 4 is 24.0 Å². The fourth-order valence-corrected chi connectivity index (χ4v) is 4.67. The van der Waals surface area contributed by atoms with Crippen molar-refractivity contribution in [1.29, 1.82) is 0 Å². The topological polar surface area (TPSA) is 119 Å². The second-order valence-electron chi connectivity index (χ2n) is 8.82. The number of ether oxygens (including phenoxy) is 3. The maximum absolute atomic E-state index is 13.9. The van der Waals surface area contributed by atoms with E-state index in [1.165, 1.54) is 6.92 Å². The van der Waals surface area contributed by atoms with Gasteiger partial charge in [0.05, 0.1) is 6.61 Å². The van der Waals surface area contributed by atoms with Gasteiger partial charge >= 0.3 is 29.5 Å². The molecule has 1 saturated heterocycles. The van der Waals surface area contributed by atoms with E-state index in [1.807, 2.05) is 0 Å². The van der Waals surface area contributed by atoms with Crippen molar-refractivity contribution in [3.8, 4) is 0 Å². The first-order valence-electron chi connectivity index (χ1n) is 12.0. The molecule has 9 heteroatoms. The molecule has 1 aliphatic heterocycles. The van der Waals surface area contributed by atoms with Crippen LogP contribution >= 0.6 is 0 Å². The van der Waals surface area contributed by atoms with Crippen molar-refractivity contribution in [1.82, 2.24) is 4.90 Å². The maximum Gasteiger partial charge on any atom is 0.412 e. The zero-order valence-corrected chi connectivity index (χ0v) is 20.9.